The van der Waals surface area contributed by atoms with Crippen LogP contribution in [0.25, 0.3) is 0 Å². The first-order valence-electron chi connectivity index (χ1n) is 8.37. The van der Waals surface area contributed by atoms with Crippen molar-refractivity contribution in [2.75, 3.05) is 19.6 Å². The molecule has 0 aromatic heterocycles. The van der Waals surface area contributed by atoms with Gasteiger partial charge in [-0.2, -0.15) is 0 Å². The Kier molecular flexibility index (Phi) is 6.78. The van der Waals surface area contributed by atoms with Crippen LogP contribution in [0.3, 0.4) is 0 Å². The molecule has 1 aromatic rings. The molecule has 1 fully saturated rings. The molecule has 6 heteroatoms. The highest BCUT2D eigenvalue weighted by atomic mass is 16.4. The predicted molar refractivity (Wildman–Crippen MR) is 89.2 cm³/mol. The van der Waals surface area contributed by atoms with Crippen LogP contribution in [-0.2, 0) is 20.9 Å². The Morgan fingerprint density at radius 3 is 2.50 bits per heavy atom. The number of carboxylic acids is 1. The molecule has 0 bridgehead atoms. The average Bonchev–Trinajstić information content (AvgIpc) is 2.54. The molecule has 0 radical (unpaired) electrons. The lowest BCUT2D eigenvalue weighted by atomic mass is 10.1. The van der Waals surface area contributed by atoms with E-state index >= 15 is 0 Å². The maximum Gasteiger partial charge on any atom is 0.323 e. The Morgan fingerprint density at radius 2 is 1.79 bits per heavy atom. The number of nitrogens with zero attached hydrogens (tertiary/aromatic N) is 2. The largest absolute Gasteiger partial charge is 0.480 e. The summed E-state index contributed by atoms with van der Waals surface area (Å²) in [6.45, 7) is 0.388. The molecule has 0 spiro atoms. The normalized spacial score (nSPS) is 15.5. The Labute approximate surface area is 142 Å². The molecule has 2 amide bonds. The molecule has 0 unspecified atom stereocenters. The highest BCUT2D eigenvalue weighted by Gasteiger charge is 2.23. The quantitative estimate of drug-likeness (QED) is 0.863. The van der Waals surface area contributed by atoms with E-state index in [1.165, 1.54) is 4.90 Å². The van der Waals surface area contributed by atoms with Crippen molar-refractivity contribution in [3.63, 3.8) is 0 Å². The topological polar surface area (TPSA) is 77.9 Å². The predicted octanol–water partition coefficient (Wildman–Crippen LogP) is 1.89. The third-order valence-corrected chi connectivity index (χ3v) is 4.14. The van der Waals surface area contributed by atoms with Crippen LogP contribution in [0.1, 0.15) is 37.7 Å². The molecule has 0 atom stereocenters. The van der Waals surface area contributed by atoms with E-state index in [2.05, 4.69) is 0 Å². The Morgan fingerprint density at radius 1 is 1.08 bits per heavy atom. The van der Waals surface area contributed by atoms with Gasteiger partial charge in [-0.1, -0.05) is 43.2 Å². The summed E-state index contributed by atoms with van der Waals surface area (Å²) in [5.41, 5.74) is 0.867. The van der Waals surface area contributed by atoms with Crippen LogP contribution >= 0.6 is 0 Å². The van der Waals surface area contributed by atoms with Gasteiger partial charge in [0.15, 0.2) is 0 Å². The van der Waals surface area contributed by atoms with E-state index in [0.717, 1.165) is 31.2 Å². The number of likely N-dealkylation sites (tertiary alicyclic amines) is 1. The maximum atomic E-state index is 12.6. The van der Waals surface area contributed by atoms with Crippen LogP contribution in [0.15, 0.2) is 30.3 Å². The summed E-state index contributed by atoms with van der Waals surface area (Å²) in [5.74, 6) is -1.40. The van der Waals surface area contributed by atoms with Gasteiger partial charge < -0.3 is 14.9 Å². The Bertz CT molecular complexity index is 574. The van der Waals surface area contributed by atoms with Crippen molar-refractivity contribution in [1.82, 2.24) is 9.80 Å². The maximum absolute atomic E-state index is 12.6. The summed E-state index contributed by atoms with van der Waals surface area (Å²) in [5, 5.41) is 9.08. The van der Waals surface area contributed by atoms with Gasteiger partial charge in [0.1, 0.15) is 6.54 Å². The molecule has 2 rings (SSSR count). The fourth-order valence-corrected chi connectivity index (χ4v) is 2.85. The second-order valence-corrected chi connectivity index (χ2v) is 6.11. The van der Waals surface area contributed by atoms with Crippen LogP contribution in [0.2, 0.25) is 0 Å². The van der Waals surface area contributed by atoms with Gasteiger partial charge in [-0.25, -0.2) is 0 Å². The van der Waals surface area contributed by atoms with Crippen molar-refractivity contribution in [3.8, 4) is 0 Å². The highest BCUT2D eigenvalue weighted by molar-refractivity contribution is 5.86. The zero-order valence-corrected chi connectivity index (χ0v) is 13.8. The Balaban J connectivity index is 2.03. The van der Waals surface area contributed by atoms with Gasteiger partial charge in [-0.05, 0) is 18.4 Å². The molecular formula is C18H24N2O4. The molecule has 6 nitrogen and oxygen atoms in total. The Hall–Kier alpha value is -2.37. The first-order chi connectivity index (χ1) is 11.6. The summed E-state index contributed by atoms with van der Waals surface area (Å²) in [4.78, 5) is 38.7. The minimum atomic E-state index is -1.06. The van der Waals surface area contributed by atoms with E-state index in [1.54, 1.807) is 4.90 Å². The zero-order valence-electron chi connectivity index (χ0n) is 13.8. The number of benzene rings is 1. The second-order valence-electron chi connectivity index (χ2n) is 6.11. The molecule has 0 saturated carbocycles. The number of hydrogen-bond donors (Lipinski definition) is 1. The van der Waals surface area contributed by atoms with Crippen LogP contribution in [-0.4, -0.2) is 52.3 Å². The standard InChI is InChI=1S/C18H24N2O4/c21-16-10-6-1-2-7-11-19(16)13-17(22)20(14-18(23)24)12-15-8-4-3-5-9-15/h3-5,8-9H,1-2,6-7,10-14H2,(H,23,24). The van der Waals surface area contributed by atoms with Gasteiger partial charge in [0.2, 0.25) is 11.8 Å². The van der Waals surface area contributed by atoms with E-state index < -0.39 is 5.97 Å². The van der Waals surface area contributed by atoms with E-state index in [-0.39, 0.29) is 31.4 Å². The molecule has 0 aliphatic carbocycles. The van der Waals surface area contributed by atoms with Gasteiger partial charge in [0.25, 0.3) is 0 Å². The number of carboxylic acid groups (broad SMARTS) is 1. The van der Waals surface area contributed by atoms with E-state index in [9.17, 15) is 14.4 Å². The third-order valence-electron chi connectivity index (χ3n) is 4.14. The molecule has 130 valence electrons. The first kappa shape index (κ1) is 18.0. The highest BCUT2D eigenvalue weighted by Crippen LogP contribution is 2.12. The summed E-state index contributed by atoms with van der Waals surface area (Å²) >= 11 is 0. The van der Waals surface area contributed by atoms with Gasteiger partial charge in [0, 0.05) is 19.5 Å². The van der Waals surface area contributed by atoms with Crippen LogP contribution in [0.4, 0.5) is 0 Å². The van der Waals surface area contributed by atoms with Crippen LogP contribution in [0, 0.1) is 0 Å². The average molecular weight is 332 g/mol. The molecule has 1 aliphatic rings. The van der Waals surface area contributed by atoms with Gasteiger partial charge in [0.05, 0.1) is 6.54 Å². The lowest BCUT2D eigenvalue weighted by molar-refractivity contribution is -0.147. The molecule has 1 N–H and O–H groups in total. The molecule has 1 heterocycles. The fourth-order valence-electron chi connectivity index (χ4n) is 2.85. The van der Waals surface area contributed by atoms with Crippen molar-refractivity contribution in [1.29, 1.82) is 0 Å². The minimum Gasteiger partial charge on any atom is -0.480 e. The number of carbonyl (C=O) groups excluding carboxylic acids is 2. The lowest BCUT2D eigenvalue weighted by Gasteiger charge is -2.28. The van der Waals surface area contributed by atoms with Crippen LogP contribution < -0.4 is 0 Å². The fraction of sp³-hybridized carbons (Fsp3) is 0.500. The second kappa shape index (κ2) is 9.05. The van der Waals surface area contributed by atoms with E-state index in [4.69, 9.17) is 5.11 Å². The number of aliphatic carboxylic acids is 1. The van der Waals surface area contributed by atoms with Gasteiger partial charge in [-0.3, -0.25) is 14.4 Å². The molecular weight excluding hydrogens is 308 g/mol. The van der Waals surface area contributed by atoms with Crippen molar-refractivity contribution < 1.29 is 19.5 Å². The van der Waals surface area contributed by atoms with E-state index in [1.807, 2.05) is 30.3 Å². The molecule has 1 aromatic carbocycles. The van der Waals surface area contributed by atoms with E-state index in [0.29, 0.717) is 13.0 Å². The lowest BCUT2D eigenvalue weighted by Crippen LogP contribution is -2.45. The summed E-state index contributed by atoms with van der Waals surface area (Å²) in [6, 6.07) is 9.26. The number of hydrogen-bond acceptors (Lipinski definition) is 3. The van der Waals surface area contributed by atoms with Crippen LogP contribution in [0.5, 0.6) is 0 Å². The zero-order chi connectivity index (χ0) is 17.4. The summed E-state index contributed by atoms with van der Waals surface area (Å²) < 4.78 is 0. The minimum absolute atomic E-state index is 0.0157. The number of carbonyl (C=O) groups is 3. The molecule has 1 saturated heterocycles. The summed E-state index contributed by atoms with van der Waals surface area (Å²) in [6.07, 6.45) is 4.31. The number of rotatable bonds is 6. The first-order valence-corrected chi connectivity index (χ1v) is 8.37. The van der Waals surface area contributed by atoms with Crippen molar-refractivity contribution in [2.24, 2.45) is 0 Å². The van der Waals surface area contributed by atoms with Gasteiger partial charge >= 0.3 is 5.97 Å². The summed E-state index contributed by atoms with van der Waals surface area (Å²) in [7, 11) is 0. The smallest absolute Gasteiger partial charge is 0.323 e. The van der Waals surface area contributed by atoms with Crippen molar-refractivity contribution in [2.45, 2.75) is 38.6 Å². The van der Waals surface area contributed by atoms with Crippen molar-refractivity contribution >= 4 is 17.8 Å². The SMILES string of the molecule is O=C(O)CN(Cc1ccccc1)C(=O)CN1CCCCCCC1=O. The van der Waals surface area contributed by atoms with Gasteiger partial charge in [-0.15, -0.1) is 0 Å². The monoisotopic (exact) mass is 332 g/mol. The molecule has 1 aliphatic heterocycles. The molecule has 24 heavy (non-hydrogen) atoms. The third kappa shape index (κ3) is 5.68. The van der Waals surface area contributed by atoms with Crippen molar-refractivity contribution in [3.05, 3.63) is 35.9 Å². The number of amides is 2.